The Kier molecular flexibility index (Phi) is 2.81. The highest BCUT2D eigenvalue weighted by Gasteiger charge is 2.25. The lowest BCUT2D eigenvalue weighted by Gasteiger charge is -2.25. The van der Waals surface area contributed by atoms with Crippen LogP contribution < -0.4 is 0 Å². The van der Waals surface area contributed by atoms with Gasteiger partial charge in [-0.25, -0.2) is 4.39 Å². The van der Waals surface area contributed by atoms with Crippen LogP contribution in [0.2, 0.25) is 0 Å². The van der Waals surface area contributed by atoms with E-state index in [1.54, 1.807) is 6.92 Å². The van der Waals surface area contributed by atoms with E-state index in [-0.39, 0.29) is 0 Å². The molecule has 0 aromatic heterocycles. The van der Waals surface area contributed by atoms with Gasteiger partial charge in [0, 0.05) is 6.92 Å². The van der Waals surface area contributed by atoms with E-state index in [2.05, 4.69) is 0 Å². The van der Waals surface area contributed by atoms with Crippen molar-refractivity contribution in [1.82, 2.24) is 0 Å². The molecule has 0 fully saturated rings. The normalized spacial score (nSPS) is 34.8. The Bertz CT molecular complexity index is 202. The van der Waals surface area contributed by atoms with Crippen LogP contribution in [-0.2, 0) is 14.3 Å². The summed E-state index contributed by atoms with van der Waals surface area (Å²) < 4.78 is 22.1. The van der Waals surface area contributed by atoms with Gasteiger partial charge in [0.15, 0.2) is 0 Å². The summed E-state index contributed by atoms with van der Waals surface area (Å²) in [5.41, 5.74) is 0. The zero-order valence-corrected chi connectivity index (χ0v) is 6.99. The third kappa shape index (κ3) is 2.30. The van der Waals surface area contributed by atoms with Gasteiger partial charge in [0.1, 0.15) is 6.10 Å². The van der Waals surface area contributed by atoms with Crippen LogP contribution in [0.1, 0.15) is 13.8 Å². The molecule has 0 aromatic rings. The summed E-state index contributed by atoms with van der Waals surface area (Å²) in [6.07, 6.45) is 0.462. The van der Waals surface area contributed by atoms with Gasteiger partial charge in [0.25, 0.3) is 0 Å². The molecule has 0 aliphatic carbocycles. The zero-order valence-electron chi connectivity index (χ0n) is 6.99. The van der Waals surface area contributed by atoms with Crippen LogP contribution in [0.3, 0.4) is 0 Å². The molecule has 0 unspecified atom stereocenters. The Morgan fingerprint density at radius 2 is 2.25 bits per heavy atom. The van der Waals surface area contributed by atoms with Crippen molar-refractivity contribution in [1.29, 1.82) is 0 Å². The third-order valence-electron chi connectivity index (χ3n) is 1.56. The Balaban J connectivity index is 2.54. The first-order valence-electron chi connectivity index (χ1n) is 3.74. The summed E-state index contributed by atoms with van der Waals surface area (Å²) in [6.45, 7) is 2.96. The topological polar surface area (TPSA) is 35.5 Å². The van der Waals surface area contributed by atoms with Gasteiger partial charge in [0.05, 0.1) is 6.10 Å². The summed E-state index contributed by atoms with van der Waals surface area (Å²) in [5.74, 6) is -0.391. The molecule has 1 rings (SSSR count). The summed E-state index contributed by atoms with van der Waals surface area (Å²) in [7, 11) is 0. The number of alkyl halides is 1. The predicted molar refractivity (Wildman–Crippen MR) is 40.1 cm³/mol. The average molecular weight is 174 g/mol. The maximum atomic E-state index is 12.5. The van der Waals surface area contributed by atoms with E-state index < -0.39 is 24.5 Å². The quantitative estimate of drug-likeness (QED) is 0.442. The molecule has 1 aliphatic rings. The number of carbonyl (C=O) groups is 1. The smallest absolute Gasteiger partial charge is 0.303 e. The molecular weight excluding hydrogens is 163 g/mol. The summed E-state index contributed by atoms with van der Waals surface area (Å²) >= 11 is 0. The van der Waals surface area contributed by atoms with Crippen molar-refractivity contribution in [2.75, 3.05) is 0 Å². The Morgan fingerprint density at radius 1 is 1.58 bits per heavy atom. The van der Waals surface area contributed by atoms with E-state index in [0.717, 1.165) is 0 Å². The van der Waals surface area contributed by atoms with Gasteiger partial charge in [-0.1, -0.05) is 0 Å². The van der Waals surface area contributed by atoms with Crippen molar-refractivity contribution in [3.05, 3.63) is 12.2 Å². The second-order valence-corrected chi connectivity index (χ2v) is 2.65. The van der Waals surface area contributed by atoms with E-state index in [4.69, 9.17) is 9.47 Å². The molecule has 3 atom stereocenters. The van der Waals surface area contributed by atoms with Crippen LogP contribution in [0.5, 0.6) is 0 Å². The molecule has 0 bridgehead atoms. The highest BCUT2D eigenvalue weighted by atomic mass is 19.1. The lowest BCUT2D eigenvalue weighted by molar-refractivity contribution is -0.158. The number of rotatable bonds is 1. The number of esters is 1. The molecule has 1 heterocycles. The van der Waals surface area contributed by atoms with Crippen LogP contribution in [0, 0.1) is 0 Å². The first kappa shape index (κ1) is 9.19. The number of hydrogen-bond donors (Lipinski definition) is 0. The van der Waals surface area contributed by atoms with Crippen molar-refractivity contribution in [3.63, 3.8) is 0 Å². The maximum Gasteiger partial charge on any atom is 0.303 e. The Morgan fingerprint density at radius 3 is 2.75 bits per heavy atom. The molecule has 68 valence electrons. The van der Waals surface area contributed by atoms with Gasteiger partial charge in [-0.2, -0.15) is 0 Å². The first-order chi connectivity index (χ1) is 5.59. The number of hydrogen-bond acceptors (Lipinski definition) is 3. The minimum Gasteiger partial charge on any atom is -0.456 e. The number of halogens is 1. The van der Waals surface area contributed by atoms with E-state index in [9.17, 15) is 9.18 Å². The monoisotopic (exact) mass is 174 g/mol. The van der Waals surface area contributed by atoms with Crippen molar-refractivity contribution in [3.8, 4) is 0 Å². The molecule has 0 spiro atoms. The second kappa shape index (κ2) is 3.67. The highest BCUT2D eigenvalue weighted by molar-refractivity contribution is 5.66. The fourth-order valence-electron chi connectivity index (χ4n) is 1.01. The molecule has 0 amide bonds. The largest absolute Gasteiger partial charge is 0.456 e. The molecule has 4 heteroatoms. The van der Waals surface area contributed by atoms with Gasteiger partial charge in [-0.15, -0.1) is 0 Å². The van der Waals surface area contributed by atoms with E-state index >= 15 is 0 Å². The van der Waals surface area contributed by atoms with E-state index in [1.807, 2.05) is 0 Å². The maximum absolute atomic E-state index is 12.5. The van der Waals surface area contributed by atoms with Gasteiger partial charge in [-0.3, -0.25) is 4.79 Å². The number of ether oxygens (including phenoxy) is 2. The van der Waals surface area contributed by atoms with Gasteiger partial charge >= 0.3 is 5.97 Å². The first-order valence-corrected chi connectivity index (χ1v) is 3.74. The predicted octanol–water partition coefficient (Wildman–Crippen LogP) is 1.19. The van der Waals surface area contributed by atoms with Crippen molar-refractivity contribution < 1.29 is 18.7 Å². The van der Waals surface area contributed by atoms with Gasteiger partial charge < -0.3 is 9.47 Å². The van der Waals surface area contributed by atoms with Crippen molar-refractivity contribution >= 4 is 5.97 Å². The molecule has 0 radical (unpaired) electrons. The molecule has 1 aliphatic heterocycles. The van der Waals surface area contributed by atoms with Crippen molar-refractivity contribution in [2.24, 2.45) is 0 Å². The second-order valence-electron chi connectivity index (χ2n) is 2.65. The van der Waals surface area contributed by atoms with E-state index in [1.165, 1.54) is 19.1 Å². The molecular formula is C8H11FO3. The Labute approximate surface area is 70.2 Å². The van der Waals surface area contributed by atoms with Crippen LogP contribution in [-0.4, -0.2) is 24.5 Å². The molecule has 0 saturated heterocycles. The minimum absolute atomic E-state index is 0.391. The van der Waals surface area contributed by atoms with Crippen LogP contribution in [0.25, 0.3) is 0 Å². The summed E-state index contributed by atoms with van der Waals surface area (Å²) in [6, 6.07) is 0. The van der Waals surface area contributed by atoms with Crippen molar-refractivity contribution in [2.45, 2.75) is 32.4 Å². The Hall–Kier alpha value is -0.900. The SMILES string of the molecule is CC(=O)O[C@@H]1C=C[C@H](F)O[C@H]1C. The molecule has 0 N–H and O–H groups in total. The van der Waals surface area contributed by atoms with E-state index in [0.29, 0.717) is 0 Å². The van der Waals surface area contributed by atoms with Crippen LogP contribution in [0.4, 0.5) is 4.39 Å². The van der Waals surface area contributed by atoms with Crippen LogP contribution >= 0.6 is 0 Å². The minimum atomic E-state index is -1.38. The fraction of sp³-hybridized carbons (Fsp3) is 0.625. The number of carbonyl (C=O) groups excluding carboxylic acids is 1. The summed E-state index contributed by atoms with van der Waals surface area (Å²) in [4.78, 5) is 10.5. The molecule has 0 saturated carbocycles. The third-order valence-corrected chi connectivity index (χ3v) is 1.56. The average Bonchev–Trinajstić information content (AvgIpc) is 1.94. The zero-order chi connectivity index (χ0) is 9.14. The molecule has 0 aromatic carbocycles. The highest BCUT2D eigenvalue weighted by Crippen LogP contribution is 2.16. The van der Waals surface area contributed by atoms with Gasteiger partial charge in [-0.05, 0) is 19.1 Å². The van der Waals surface area contributed by atoms with Crippen LogP contribution in [0.15, 0.2) is 12.2 Å². The van der Waals surface area contributed by atoms with Gasteiger partial charge in [0.2, 0.25) is 6.36 Å². The standard InChI is InChI=1S/C8H11FO3/c1-5-7(12-6(2)10)3-4-8(9)11-5/h3-5,7-8H,1-2H3/t5-,7+,8+/m0/s1. The molecule has 3 nitrogen and oxygen atoms in total. The lowest BCUT2D eigenvalue weighted by Crippen LogP contribution is -2.34. The summed E-state index contributed by atoms with van der Waals surface area (Å²) in [5, 5.41) is 0. The molecule has 12 heavy (non-hydrogen) atoms. The lowest BCUT2D eigenvalue weighted by atomic mass is 10.2. The fourth-order valence-corrected chi connectivity index (χ4v) is 1.01.